The van der Waals surface area contributed by atoms with Gasteiger partial charge in [-0.05, 0) is 25.1 Å². The number of halogens is 1. The quantitative estimate of drug-likeness (QED) is 0.786. The van der Waals surface area contributed by atoms with E-state index >= 15 is 0 Å². The summed E-state index contributed by atoms with van der Waals surface area (Å²) in [6, 6.07) is 4.23. The molecule has 0 bridgehead atoms. The number of benzene rings is 1. The van der Waals surface area contributed by atoms with Crippen LogP contribution in [-0.4, -0.2) is 25.4 Å². The van der Waals surface area contributed by atoms with Gasteiger partial charge in [-0.3, -0.25) is 0 Å². The Labute approximate surface area is 93.6 Å². The van der Waals surface area contributed by atoms with Crippen molar-refractivity contribution < 1.29 is 13.5 Å². The Morgan fingerprint density at radius 1 is 1.53 bits per heavy atom. The van der Waals surface area contributed by atoms with E-state index in [1.54, 1.807) is 0 Å². The van der Waals surface area contributed by atoms with Gasteiger partial charge in [-0.15, -0.1) is 0 Å². The van der Waals surface area contributed by atoms with Crippen LogP contribution in [0.25, 0.3) is 0 Å². The summed E-state index contributed by atoms with van der Waals surface area (Å²) < 4.78 is 23.4. The third kappa shape index (κ3) is 3.09. The first kappa shape index (κ1) is 12.3. The molecule has 0 saturated carbocycles. The smallest absolute Gasteiger partial charge is 0.182 e. The zero-order chi connectivity index (χ0) is 11.6. The van der Waals surface area contributed by atoms with Gasteiger partial charge in [-0.2, -0.15) is 0 Å². The van der Waals surface area contributed by atoms with Gasteiger partial charge in [0.2, 0.25) is 0 Å². The summed E-state index contributed by atoms with van der Waals surface area (Å²) in [7, 11) is -3.57. The number of hydrogen-bond acceptors (Lipinski definition) is 4. The molecule has 1 aromatic carbocycles. The molecule has 0 heterocycles. The van der Waals surface area contributed by atoms with Gasteiger partial charge in [0.1, 0.15) is 0 Å². The number of anilines is 1. The summed E-state index contributed by atoms with van der Waals surface area (Å²) in [4.78, 5) is -0.0370. The largest absolute Gasteiger partial charge is 0.399 e. The molecule has 0 aromatic heterocycles. The zero-order valence-corrected chi connectivity index (χ0v) is 9.72. The normalized spacial score (nSPS) is 13.8. The second kappa shape index (κ2) is 4.38. The van der Waals surface area contributed by atoms with Crippen molar-refractivity contribution in [3.05, 3.63) is 23.2 Å². The summed E-state index contributed by atoms with van der Waals surface area (Å²) in [5.74, 6) is -0.365. The predicted molar refractivity (Wildman–Crippen MR) is 59.6 cm³/mol. The monoisotopic (exact) mass is 249 g/mol. The molecular weight excluding hydrogens is 238 g/mol. The molecule has 0 amide bonds. The molecule has 84 valence electrons. The minimum absolute atomic E-state index is 0.0370. The molecule has 0 aliphatic carbocycles. The van der Waals surface area contributed by atoms with Crippen molar-refractivity contribution in [1.29, 1.82) is 0 Å². The number of rotatable bonds is 3. The molecule has 0 saturated heterocycles. The van der Waals surface area contributed by atoms with E-state index in [0.717, 1.165) is 0 Å². The minimum Gasteiger partial charge on any atom is -0.399 e. The van der Waals surface area contributed by atoms with Crippen LogP contribution in [0.2, 0.25) is 5.02 Å². The lowest BCUT2D eigenvalue weighted by atomic mass is 10.3. The van der Waals surface area contributed by atoms with Crippen molar-refractivity contribution in [2.75, 3.05) is 11.5 Å². The van der Waals surface area contributed by atoms with Crippen LogP contribution in [0.4, 0.5) is 5.69 Å². The van der Waals surface area contributed by atoms with E-state index in [1.807, 2.05) is 0 Å². The third-order valence-corrected chi connectivity index (χ3v) is 4.12. The number of hydrogen-bond donors (Lipinski definition) is 2. The maximum atomic E-state index is 11.7. The van der Waals surface area contributed by atoms with Crippen molar-refractivity contribution in [1.82, 2.24) is 0 Å². The number of aliphatic hydroxyl groups excluding tert-OH is 1. The van der Waals surface area contributed by atoms with E-state index < -0.39 is 15.9 Å². The molecule has 3 N–H and O–H groups in total. The third-order valence-electron chi connectivity index (χ3n) is 1.75. The predicted octanol–water partition coefficient (Wildman–Crippen LogP) is 1.08. The lowest BCUT2D eigenvalue weighted by Crippen LogP contribution is -2.18. The number of nitrogens with two attached hydrogens (primary N) is 1. The molecular formula is C9H12ClNO3S. The van der Waals surface area contributed by atoms with Crippen LogP contribution >= 0.6 is 11.6 Å². The van der Waals surface area contributed by atoms with Crippen LogP contribution in [0, 0.1) is 0 Å². The topological polar surface area (TPSA) is 80.4 Å². The van der Waals surface area contributed by atoms with Crippen LogP contribution in [-0.2, 0) is 9.84 Å². The fourth-order valence-electron chi connectivity index (χ4n) is 1.17. The number of nitrogen functional groups attached to an aromatic ring is 1. The molecule has 1 rings (SSSR count). The standard InChI is InChI=1S/C9H12ClNO3S/c1-6(12)5-15(13,14)9-4-7(11)2-3-8(9)10/h2-4,6,12H,5,11H2,1H3. The van der Waals surface area contributed by atoms with Crippen LogP contribution < -0.4 is 5.73 Å². The van der Waals surface area contributed by atoms with Gasteiger partial charge in [0, 0.05) is 5.69 Å². The highest BCUT2D eigenvalue weighted by atomic mass is 35.5. The molecule has 4 nitrogen and oxygen atoms in total. The van der Waals surface area contributed by atoms with Crippen molar-refractivity contribution >= 4 is 27.1 Å². The molecule has 0 spiro atoms. The molecule has 1 atom stereocenters. The molecule has 0 radical (unpaired) electrons. The van der Waals surface area contributed by atoms with Gasteiger partial charge in [-0.25, -0.2) is 8.42 Å². The minimum atomic E-state index is -3.57. The van der Waals surface area contributed by atoms with E-state index in [9.17, 15) is 8.42 Å². The average molecular weight is 250 g/mol. The molecule has 0 aliphatic heterocycles. The first-order valence-corrected chi connectivity index (χ1v) is 6.32. The summed E-state index contributed by atoms with van der Waals surface area (Å²) in [6.07, 6.45) is -0.938. The lowest BCUT2D eigenvalue weighted by molar-refractivity contribution is 0.218. The zero-order valence-electron chi connectivity index (χ0n) is 8.14. The molecule has 6 heteroatoms. The highest BCUT2D eigenvalue weighted by Gasteiger charge is 2.20. The van der Waals surface area contributed by atoms with Gasteiger partial charge in [-0.1, -0.05) is 11.6 Å². The van der Waals surface area contributed by atoms with Crippen LogP contribution in [0.5, 0.6) is 0 Å². The van der Waals surface area contributed by atoms with E-state index in [1.165, 1.54) is 25.1 Å². The number of sulfone groups is 1. The van der Waals surface area contributed by atoms with E-state index in [4.69, 9.17) is 22.4 Å². The highest BCUT2D eigenvalue weighted by Crippen LogP contribution is 2.25. The van der Waals surface area contributed by atoms with Gasteiger partial charge in [0.05, 0.1) is 21.8 Å². The summed E-state index contributed by atoms with van der Waals surface area (Å²) in [5.41, 5.74) is 5.79. The molecule has 15 heavy (non-hydrogen) atoms. The lowest BCUT2D eigenvalue weighted by Gasteiger charge is -2.08. The second-order valence-electron chi connectivity index (χ2n) is 3.32. The first-order valence-electron chi connectivity index (χ1n) is 4.29. The number of aliphatic hydroxyl groups is 1. The summed E-state index contributed by atoms with van der Waals surface area (Å²) in [5, 5.41) is 9.17. The Hall–Kier alpha value is -0.780. The average Bonchev–Trinajstić information content (AvgIpc) is 2.06. The van der Waals surface area contributed by atoms with Crippen LogP contribution in [0.15, 0.2) is 23.1 Å². The van der Waals surface area contributed by atoms with E-state index in [-0.39, 0.29) is 15.7 Å². The Morgan fingerprint density at radius 3 is 2.67 bits per heavy atom. The molecule has 0 aliphatic rings. The van der Waals surface area contributed by atoms with Gasteiger partial charge in [0.15, 0.2) is 9.84 Å². The Kier molecular flexibility index (Phi) is 3.59. The van der Waals surface area contributed by atoms with Crippen molar-refractivity contribution in [2.45, 2.75) is 17.9 Å². The van der Waals surface area contributed by atoms with Crippen molar-refractivity contribution in [3.8, 4) is 0 Å². The Morgan fingerprint density at radius 2 is 2.13 bits per heavy atom. The van der Waals surface area contributed by atoms with Gasteiger partial charge in [0.25, 0.3) is 0 Å². The van der Waals surface area contributed by atoms with Crippen LogP contribution in [0.1, 0.15) is 6.92 Å². The van der Waals surface area contributed by atoms with E-state index in [2.05, 4.69) is 0 Å². The fraction of sp³-hybridized carbons (Fsp3) is 0.333. The summed E-state index contributed by atoms with van der Waals surface area (Å²) in [6.45, 7) is 1.40. The van der Waals surface area contributed by atoms with E-state index in [0.29, 0.717) is 5.69 Å². The first-order chi connectivity index (χ1) is 6.83. The molecule has 1 aromatic rings. The molecule has 1 unspecified atom stereocenters. The maximum Gasteiger partial charge on any atom is 0.182 e. The Balaban J connectivity index is 3.21. The highest BCUT2D eigenvalue weighted by molar-refractivity contribution is 7.91. The Bertz CT molecular complexity index is 456. The second-order valence-corrected chi connectivity index (χ2v) is 5.73. The SMILES string of the molecule is CC(O)CS(=O)(=O)c1cc(N)ccc1Cl. The fourth-order valence-corrected chi connectivity index (χ4v) is 3.13. The van der Waals surface area contributed by atoms with Crippen LogP contribution in [0.3, 0.4) is 0 Å². The van der Waals surface area contributed by atoms with Gasteiger partial charge >= 0.3 is 0 Å². The maximum absolute atomic E-state index is 11.7. The molecule has 0 fully saturated rings. The van der Waals surface area contributed by atoms with Crippen molar-refractivity contribution in [2.24, 2.45) is 0 Å². The van der Waals surface area contributed by atoms with Gasteiger partial charge < -0.3 is 10.8 Å². The van der Waals surface area contributed by atoms with Crippen molar-refractivity contribution in [3.63, 3.8) is 0 Å². The summed E-state index contributed by atoms with van der Waals surface area (Å²) >= 11 is 5.75.